The Morgan fingerprint density at radius 3 is 2.38 bits per heavy atom. The minimum Gasteiger partial charge on any atom is -0.309 e. The van der Waals surface area contributed by atoms with E-state index < -0.39 is 0 Å². The number of hydrogen-bond acceptors (Lipinski definition) is 2. The number of nitrogens with zero attached hydrogens (tertiary/aromatic N) is 2. The van der Waals surface area contributed by atoms with Gasteiger partial charge in [-0.05, 0) is 62.5 Å². The van der Waals surface area contributed by atoms with Crippen LogP contribution in [-0.4, -0.2) is 36.0 Å². The van der Waals surface area contributed by atoms with Crippen LogP contribution < -0.4 is 4.90 Å². The van der Waals surface area contributed by atoms with Crippen molar-refractivity contribution in [3.63, 3.8) is 0 Å². The van der Waals surface area contributed by atoms with E-state index in [0.29, 0.717) is 18.4 Å². The molecule has 0 bridgehead atoms. The number of likely N-dealkylation sites (tertiary alicyclic amines) is 1. The van der Waals surface area contributed by atoms with Crippen LogP contribution in [0, 0.1) is 5.92 Å². The molecule has 4 rings (SSSR count). The van der Waals surface area contributed by atoms with Gasteiger partial charge in [0.25, 0.3) is 0 Å². The molecule has 0 spiro atoms. The Kier molecular flexibility index (Phi) is 5.63. The van der Waals surface area contributed by atoms with Gasteiger partial charge in [0.15, 0.2) is 0 Å². The second-order valence-electron chi connectivity index (χ2n) is 8.62. The van der Waals surface area contributed by atoms with Crippen molar-refractivity contribution in [2.75, 3.05) is 18.0 Å². The number of piperidine rings is 1. The fourth-order valence-corrected chi connectivity index (χ4v) is 5.57. The van der Waals surface area contributed by atoms with E-state index >= 15 is 0 Å². The summed E-state index contributed by atoms with van der Waals surface area (Å²) in [6.07, 6.45) is 12.2. The van der Waals surface area contributed by atoms with E-state index in [2.05, 4.69) is 41.0 Å². The maximum absolute atomic E-state index is 12.6. The lowest BCUT2D eigenvalue weighted by Gasteiger charge is -2.44. The lowest BCUT2D eigenvalue weighted by molar-refractivity contribution is -0.119. The van der Waals surface area contributed by atoms with Gasteiger partial charge in [-0.25, -0.2) is 0 Å². The number of para-hydroxylation sites is 1. The van der Waals surface area contributed by atoms with Crippen LogP contribution in [-0.2, 0) is 11.2 Å². The number of carbonyl (C=O) groups is 1. The lowest BCUT2D eigenvalue weighted by atomic mass is 9.82. The van der Waals surface area contributed by atoms with E-state index in [0.717, 1.165) is 31.2 Å². The highest BCUT2D eigenvalue weighted by molar-refractivity contribution is 5.97. The van der Waals surface area contributed by atoms with Crippen molar-refractivity contribution in [1.29, 1.82) is 0 Å². The molecule has 3 heteroatoms. The van der Waals surface area contributed by atoms with Gasteiger partial charge in [-0.3, -0.25) is 4.79 Å². The highest BCUT2D eigenvalue weighted by atomic mass is 16.2. The van der Waals surface area contributed by atoms with Crippen LogP contribution >= 0.6 is 0 Å². The highest BCUT2D eigenvalue weighted by Crippen LogP contribution is 2.35. The number of benzene rings is 1. The van der Waals surface area contributed by atoms with Crippen LogP contribution in [0.3, 0.4) is 0 Å². The van der Waals surface area contributed by atoms with Gasteiger partial charge in [0.2, 0.25) is 5.91 Å². The first-order chi connectivity index (χ1) is 12.8. The maximum atomic E-state index is 12.6. The third kappa shape index (κ3) is 3.69. The SMILES string of the molecule is CCCC1CCC(N2CCC(N3C(=O)CCc4ccccc43)CC2)CC1. The molecule has 2 fully saturated rings. The molecule has 142 valence electrons. The molecule has 3 nitrogen and oxygen atoms in total. The predicted molar refractivity (Wildman–Crippen MR) is 107 cm³/mol. The first-order valence-corrected chi connectivity index (χ1v) is 10.9. The molecule has 1 aromatic carbocycles. The molecule has 3 aliphatic rings. The molecule has 0 radical (unpaired) electrons. The van der Waals surface area contributed by atoms with Gasteiger partial charge < -0.3 is 9.80 Å². The summed E-state index contributed by atoms with van der Waals surface area (Å²) in [5.41, 5.74) is 2.53. The molecule has 0 atom stereocenters. The minimum atomic E-state index is 0.335. The molecule has 2 aliphatic heterocycles. The van der Waals surface area contributed by atoms with Crippen LogP contribution in [0.1, 0.15) is 70.3 Å². The number of aryl methyl sites for hydroxylation is 1. The summed E-state index contributed by atoms with van der Waals surface area (Å²) in [7, 11) is 0. The van der Waals surface area contributed by atoms with Crippen molar-refractivity contribution in [3.05, 3.63) is 29.8 Å². The summed E-state index contributed by atoms with van der Waals surface area (Å²) in [5, 5.41) is 0. The largest absolute Gasteiger partial charge is 0.309 e. The molecule has 2 heterocycles. The van der Waals surface area contributed by atoms with Gasteiger partial charge in [-0.2, -0.15) is 0 Å². The average Bonchev–Trinajstić information content (AvgIpc) is 2.69. The first kappa shape index (κ1) is 18.0. The average molecular weight is 355 g/mol. The van der Waals surface area contributed by atoms with E-state index in [-0.39, 0.29) is 0 Å². The zero-order chi connectivity index (χ0) is 17.9. The van der Waals surface area contributed by atoms with Crippen LogP contribution in [0.15, 0.2) is 24.3 Å². The molecule has 1 aliphatic carbocycles. The fraction of sp³-hybridized carbons (Fsp3) is 0.696. The smallest absolute Gasteiger partial charge is 0.227 e. The number of anilines is 1. The summed E-state index contributed by atoms with van der Waals surface area (Å²) in [6.45, 7) is 4.65. The third-order valence-electron chi connectivity index (χ3n) is 7.02. The highest BCUT2D eigenvalue weighted by Gasteiger charge is 2.34. The zero-order valence-corrected chi connectivity index (χ0v) is 16.3. The van der Waals surface area contributed by atoms with Crippen molar-refractivity contribution in [2.45, 2.75) is 83.2 Å². The zero-order valence-electron chi connectivity index (χ0n) is 16.3. The van der Waals surface area contributed by atoms with Gasteiger partial charge in [0, 0.05) is 37.3 Å². The van der Waals surface area contributed by atoms with Crippen LogP contribution in [0.4, 0.5) is 5.69 Å². The number of amides is 1. The summed E-state index contributed by atoms with van der Waals surface area (Å²) < 4.78 is 0. The molecule has 1 aromatic rings. The van der Waals surface area contributed by atoms with Gasteiger partial charge >= 0.3 is 0 Å². The molecule has 0 unspecified atom stereocenters. The molecule has 26 heavy (non-hydrogen) atoms. The Labute approximate surface area is 158 Å². The monoisotopic (exact) mass is 354 g/mol. The van der Waals surface area contributed by atoms with E-state index in [1.807, 2.05) is 0 Å². The van der Waals surface area contributed by atoms with Crippen LogP contribution in [0.2, 0.25) is 0 Å². The summed E-state index contributed by atoms with van der Waals surface area (Å²) >= 11 is 0. The number of hydrogen-bond donors (Lipinski definition) is 0. The maximum Gasteiger partial charge on any atom is 0.227 e. The van der Waals surface area contributed by atoms with Crippen molar-refractivity contribution < 1.29 is 4.79 Å². The van der Waals surface area contributed by atoms with Crippen molar-refractivity contribution >= 4 is 11.6 Å². The number of rotatable bonds is 4. The molecule has 1 amide bonds. The molecule has 1 saturated heterocycles. The third-order valence-corrected chi connectivity index (χ3v) is 7.02. The Morgan fingerprint density at radius 2 is 1.65 bits per heavy atom. The van der Waals surface area contributed by atoms with Crippen LogP contribution in [0.5, 0.6) is 0 Å². The Balaban J connectivity index is 1.35. The predicted octanol–water partition coefficient (Wildman–Crippen LogP) is 4.79. The van der Waals surface area contributed by atoms with Crippen molar-refractivity contribution in [1.82, 2.24) is 4.90 Å². The lowest BCUT2D eigenvalue weighted by Crippen LogP contribution is -2.51. The minimum absolute atomic E-state index is 0.335. The Morgan fingerprint density at radius 1 is 0.923 bits per heavy atom. The molecule has 0 N–H and O–H groups in total. The first-order valence-electron chi connectivity index (χ1n) is 10.9. The van der Waals surface area contributed by atoms with Gasteiger partial charge in [0.05, 0.1) is 0 Å². The van der Waals surface area contributed by atoms with E-state index in [1.165, 1.54) is 62.9 Å². The number of fused-ring (bicyclic) bond motifs is 1. The molecular weight excluding hydrogens is 320 g/mol. The molecule has 1 saturated carbocycles. The quantitative estimate of drug-likeness (QED) is 0.776. The summed E-state index contributed by atoms with van der Waals surface area (Å²) in [4.78, 5) is 17.5. The normalized spacial score (nSPS) is 28.2. The van der Waals surface area contributed by atoms with Gasteiger partial charge in [0.1, 0.15) is 0 Å². The second kappa shape index (κ2) is 8.12. The Hall–Kier alpha value is -1.35. The number of carbonyl (C=O) groups excluding carboxylic acids is 1. The van der Waals surface area contributed by atoms with E-state index in [4.69, 9.17) is 0 Å². The second-order valence-corrected chi connectivity index (χ2v) is 8.62. The summed E-state index contributed by atoms with van der Waals surface area (Å²) in [5.74, 6) is 1.32. The topological polar surface area (TPSA) is 23.6 Å². The van der Waals surface area contributed by atoms with E-state index in [1.54, 1.807) is 0 Å². The van der Waals surface area contributed by atoms with Gasteiger partial charge in [-0.15, -0.1) is 0 Å². The molecular formula is C23H34N2O. The molecule has 0 aromatic heterocycles. The van der Waals surface area contributed by atoms with Gasteiger partial charge in [-0.1, -0.05) is 38.0 Å². The van der Waals surface area contributed by atoms with Crippen molar-refractivity contribution in [3.8, 4) is 0 Å². The Bertz CT molecular complexity index is 612. The van der Waals surface area contributed by atoms with Crippen LogP contribution in [0.25, 0.3) is 0 Å². The van der Waals surface area contributed by atoms with Crippen molar-refractivity contribution in [2.24, 2.45) is 5.92 Å². The van der Waals surface area contributed by atoms with E-state index in [9.17, 15) is 4.79 Å². The summed E-state index contributed by atoms with van der Waals surface area (Å²) in [6, 6.07) is 9.72. The fourth-order valence-electron chi connectivity index (χ4n) is 5.57. The standard InChI is InChI=1S/C23H34N2O/c1-2-5-18-8-11-20(12-9-18)24-16-14-21(15-17-24)25-22-7-4-3-6-19(22)10-13-23(25)26/h3-4,6-7,18,20-21H,2,5,8-17H2,1H3.